The summed E-state index contributed by atoms with van der Waals surface area (Å²) in [6, 6.07) is 6.83. The summed E-state index contributed by atoms with van der Waals surface area (Å²) >= 11 is 0. The van der Waals surface area contributed by atoms with Crippen LogP contribution in [-0.2, 0) is 9.53 Å². The number of carbonyl (C=O) groups excluding carboxylic acids is 2. The van der Waals surface area contributed by atoms with E-state index in [1.54, 1.807) is 31.4 Å². The van der Waals surface area contributed by atoms with E-state index < -0.39 is 6.10 Å². The van der Waals surface area contributed by atoms with Crippen molar-refractivity contribution in [1.82, 2.24) is 16.0 Å². The Morgan fingerprint density at radius 3 is 2.57 bits per heavy atom. The van der Waals surface area contributed by atoms with Crippen LogP contribution in [0.3, 0.4) is 0 Å². The van der Waals surface area contributed by atoms with Crippen molar-refractivity contribution in [3.63, 3.8) is 0 Å². The summed E-state index contributed by atoms with van der Waals surface area (Å²) < 4.78 is 10.4. The predicted octanol–water partition coefficient (Wildman–Crippen LogP) is -0.0486. The second-order valence-corrected chi connectivity index (χ2v) is 4.84. The van der Waals surface area contributed by atoms with Gasteiger partial charge in [0, 0.05) is 31.7 Å². The minimum absolute atomic E-state index is 0. The number of halogens is 1. The fourth-order valence-electron chi connectivity index (χ4n) is 2.05. The van der Waals surface area contributed by atoms with E-state index in [4.69, 9.17) is 9.47 Å². The van der Waals surface area contributed by atoms with E-state index in [1.165, 1.54) is 0 Å². The van der Waals surface area contributed by atoms with Crippen LogP contribution in [0.5, 0.6) is 5.75 Å². The lowest BCUT2D eigenvalue weighted by Crippen LogP contribution is -2.49. The van der Waals surface area contributed by atoms with Gasteiger partial charge in [-0.3, -0.25) is 9.59 Å². The first kappa shape index (κ1) is 19.2. The molecule has 1 aliphatic rings. The van der Waals surface area contributed by atoms with Crippen LogP contribution in [-0.4, -0.2) is 57.8 Å². The number of hydrogen-bond acceptors (Lipinski definition) is 5. The van der Waals surface area contributed by atoms with Crippen molar-refractivity contribution in [2.75, 3.05) is 39.9 Å². The fraction of sp³-hybridized carbons (Fsp3) is 0.467. The summed E-state index contributed by atoms with van der Waals surface area (Å²) in [5, 5.41) is 8.57. The average Bonchev–Trinajstić information content (AvgIpc) is 2.59. The SMILES string of the molecule is COc1ccc(C(=O)NCCNC(=O)C2CNCCO2)cc1.Cl. The number of carbonyl (C=O) groups is 2. The lowest BCUT2D eigenvalue weighted by molar-refractivity contribution is -0.134. The van der Waals surface area contributed by atoms with Gasteiger partial charge in [-0.05, 0) is 24.3 Å². The van der Waals surface area contributed by atoms with Gasteiger partial charge in [0.2, 0.25) is 0 Å². The Labute approximate surface area is 141 Å². The minimum atomic E-state index is -0.453. The molecule has 1 fully saturated rings. The van der Waals surface area contributed by atoms with Gasteiger partial charge in [-0.25, -0.2) is 0 Å². The van der Waals surface area contributed by atoms with Crippen molar-refractivity contribution in [2.24, 2.45) is 0 Å². The molecule has 3 N–H and O–H groups in total. The van der Waals surface area contributed by atoms with Crippen LogP contribution < -0.4 is 20.7 Å². The molecule has 1 aromatic carbocycles. The molecule has 2 amide bonds. The zero-order chi connectivity index (χ0) is 15.8. The van der Waals surface area contributed by atoms with Crippen LogP contribution >= 0.6 is 12.4 Å². The molecule has 0 aromatic heterocycles. The number of methoxy groups -OCH3 is 1. The quantitative estimate of drug-likeness (QED) is 0.630. The Hall–Kier alpha value is -1.83. The highest BCUT2D eigenvalue weighted by Gasteiger charge is 2.20. The zero-order valence-corrected chi connectivity index (χ0v) is 13.8. The van der Waals surface area contributed by atoms with E-state index in [0.717, 1.165) is 6.54 Å². The van der Waals surface area contributed by atoms with Gasteiger partial charge in [0.25, 0.3) is 11.8 Å². The Balaban J connectivity index is 0.00000264. The van der Waals surface area contributed by atoms with Gasteiger partial charge in [-0.1, -0.05) is 0 Å². The van der Waals surface area contributed by atoms with E-state index in [2.05, 4.69) is 16.0 Å². The number of amides is 2. The van der Waals surface area contributed by atoms with Gasteiger partial charge in [-0.2, -0.15) is 0 Å². The Kier molecular flexibility index (Phi) is 8.39. The van der Waals surface area contributed by atoms with Crippen LogP contribution in [0.25, 0.3) is 0 Å². The molecule has 0 bridgehead atoms. The standard InChI is InChI=1S/C15H21N3O4.ClH/c1-21-12-4-2-11(3-5-12)14(19)17-6-7-18-15(20)13-10-16-8-9-22-13;/h2-5,13,16H,6-10H2,1H3,(H,17,19)(H,18,20);1H. The lowest BCUT2D eigenvalue weighted by atomic mass is 10.2. The molecule has 7 nitrogen and oxygen atoms in total. The Bertz CT molecular complexity index is 504. The van der Waals surface area contributed by atoms with E-state index in [1.807, 2.05) is 0 Å². The van der Waals surface area contributed by atoms with E-state index in [9.17, 15) is 9.59 Å². The number of ether oxygens (including phenoxy) is 2. The van der Waals surface area contributed by atoms with Crippen LogP contribution in [0.15, 0.2) is 24.3 Å². The number of hydrogen-bond donors (Lipinski definition) is 3. The molecule has 8 heteroatoms. The largest absolute Gasteiger partial charge is 0.497 e. The van der Waals surface area contributed by atoms with Crippen molar-refractivity contribution < 1.29 is 19.1 Å². The van der Waals surface area contributed by atoms with Crippen molar-refractivity contribution >= 4 is 24.2 Å². The molecule has 1 saturated heterocycles. The maximum atomic E-state index is 11.9. The first-order valence-corrected chi connectivity index (χ1v) is 7.23. The van der Waals surface area contributed by atoms with E-state index in [-0.39, 0.29) is 24.2 Å². The summed E-state index contributed by atoms with van der Waals surface area (Å²) in [6.07, 6.45) is -0.453. The highest BCUT2D eigenvalue weighted by molar-refractivity contribution is 5.94. The second-order valence-electron chi connectivity index (χ2n) is 4.84. The van der Waals surface area contributed by atoms with Gasteiger partial charge >= 0.3 is 0 Å². The number of nitrogens with one attached hydrogen (secondary N) is 3. The number of morpholine rings is 1. The molecule has 1 unspecified atom stereocenters. The fourth-order valence-corrected chi connectivity index (χ4v) is 2.05. The van der Waals surface area contributed by atoms with Crippen molar-refractivity contribution in [3.05, 3.63) is 29.8 Å². The summed E-state index contributed by atoms with van der Waals surface area (Å²) in [5.41, 5.74) is 0.548. The highest BCUT2D eigenvalue weighted by atomic mass is 35.5. The average molecular weight is 344 g/mol. The molecule has 2 rings (SSSR count). The topological polar surface area (TPSA) is 88.7 Å². The van der Waals surface area contributed by atoms with Crippen LogP contribution in [0.1, 0.15) is 10.4 Å². The third-order valence-corrected chi connectivity index (χ3v) is 3.28. The molecule has 1 aromatic rings. The molecular formula is C15H22ClN3O4. The lowest BCUT2D eigenvalue weighted by Gasteiger charge is -2.22. The first-order valence-electron chi connectivity index (χ1n) is 7.23. The summed E-state index contributed by atoms with van der Waals surface area (Å²) in [5.74, 6) is 0.350. The van der Waals surface area contributed by atoms with Gasteiger partial charge in [-0.15, -0.1) is 12.4 Å². The first-order chi connectivity index (χ1) is 10.7. The smallest absolute Gasteiger partial charge is 0.251 e. The maximum Gasteiger partial charge on any atom is 0.251 e. The third-order valence-electron chi connectivity index (χ3n) is 3.28. The van der Waals surface area contributed by atoms with Crippen molar-refractivity contribution in [3.8, 4) is 5.75 Å². The van der Waals surface area contributed by atoms with Gasteiger partial charge in [0.1, 0.15) is 11.9 Å². The summed E-state index contributed by atoms with van der Waals surface area (Å²) in [4.78, 5) is 23.7. The molecule has 128 valence electrons. The van der Waals surface area contributed by atoms with Crippen molar-refractivity contribution in [1.29, 1.82) is 0 Å². The Morgan fingerprint density at radius 1 is 1.26 bits per heavy atom. The summed E-state index contributed by atoms with van der Waals surface area (Å²) in [7, 11) is 1.57. The monoisotopic (exact) mass is 343 g/mol. The van der Waals surface area contributed by atoms with Crippen LogP contribution in [0.2, 0.25) is 0 Å². The molecule has 23 heavy (non-hydrogen) atoms. The van der Waals surface area contributed by atoms with Crippen LogP contribution in [0, 0.1) is 0 Å². The molecule has 0 radical (unpaired) electrons. The molecule has 1 heterocycles. The molecule has 1 atom stereocenters. The molecule has 0 aliphatic carbocycles. The van der Waals surface area contributed by atoms with Crippen molar-refractivity contribution in [2.45, 2.75) is 6.10 Å². The maximum absolute atomic E-state index is 11.9. The molecular weight excluding hydrogens is 322 g/mol. The number of rotatable bonds is 6. The Morgan fingerprint density at radius 2 is 1.96 bits per heavy atom. The van der Waals surface area contributed by atoms with E-state index in [0.29, 0.717) is 37.6 Å². The van der Waals surface area contributed by atoms with Crippen LogP contribution in [0.4, 0.5) is 0 Å². The third kappa shape index (κ3) is 6.05. The summed E-state index contributed by atoms with van der Waals surface area (Å²) in [6.45, 7) is 2.54. The van der Waals surface area contributed by atoms with Gasteiger partial charge < -0.3 is 25.4 Å². The van der Waals surface area contributed by atoms with Gasteiger partial charge in [0.05, 0.1) is 13.7 Å². The molecule has 0 saturated carbocycles. The predicted molar refractivity (Wildman–Crippen MR) is 88.2 cm³/mol. The normalized spacial score (nSPS) is 16.8. The molecule has 0 spiro atoms. The zero-order valence-electron chi connectivity index (χ0n) is 13.0. The minimum Gasteiger partial charge on any atom is -0.497 e. The van der Waals surface area contributed by atoms with Gasteiger partial charge in [0.15, 0.2) is 0 Å². The van der Waals surface area contributed by atoms with E-state index >= 15 is 0 Å². The second kappa shape index (κ2) is 10.0. The number of benzene rings is 1. The molecule has 1 aliphatic heterocycles. The highest BCUT2D eigenvalue weighted by Crippen LogP contribution is 2.10.